The second kappa shape index (κ2) is 6.65. The van der Waals surface area contributed by atoms with Crippen LogP contribution in [0.25, 0.3) is 0 Å². The van der Waals surface area contributed by atoms with E-state index in [1.165, 1.54) is 13.2 Å². The Bertz CT molecular complexity index is 593. The summed E-state index contributed by atoms with van der Waals surface area (Å²) in [5, 5.41) is 2.38. The normalized spacial score (nSPS) is 11.4. The Hall–Kier alpha value is -0.700. The first-order chi connectivity index (χ1) is 8.77. The zero-order chi connectivity index (χ0) is 14.6. The van der Waals surface area contributed by atoms with Gasteiger partial charge in [0.15, 0.2) is 5.82 Å². The van der Waals surface area contributed by atoms with E-state index in [4.69, 9.17) is 15.4 Å². The Morgan fingerprint density at radius 3 is 2.68 bits per heavy atom. The van der Waals surface area contributed by atoms with Gasteiger partial charge in [0.2, 0.25) is 0 Å². The third-order valence-corrected chi connectivity index (χ3v) is 3.88. The number of ether oxygens (including phenoxy) is 1. The van der Waals surface area contributed by atoms with Gasteiger partial charge >= 0.3 is 0 Å². The number of hydrogen-bond donors (Lipinski definition) is 1. The second-order valence-electron chi connectivity index (χ2n) is 3.45. The van der Waals surface area contributed by atoms with Crippen molar-refractivity contribution in [2.45, 2.75) is 4.90 Å². The number of amides is 1. The van der Waals surface area contributed by atoms with Crippen molar-refractivity contribution < 1.29 is 22.3 Å². The highest BCUT2D eigenvalue weighted by atomic mass is 79.9. The summed E-state index contributed by atoms with van der Waals surface area (Å²) in [7, 11) is 2.27. The van der Waals surface area contributed by atoms with Crippen molar-refractivity contribution in [1.82, 2.24) is 5.32 Å². The molecule has 0 fully saturated rings. The smallest absolute Gasteiger partial charge is 0.264 e. The molecular weight excluding hydrogens is 365 g/mol. The van der Waals surface area contributed by atoms with Crippen molar-refractivity contribution >= 4 is 41.6 Å². The van der Waals surface area contributed by atoms with Gasteiger partial charge in [0, 0.05) is 28.8 Å². The number of rotatable bonds is 5. The van der Waals surface area contributed by atoms with Gasteiger partial charge < -0.3 is 10.1 Å². The molecule has 0 unspecified atom stereocenters. The first-order valence-electron chi connectivity index (χ1n) is 4.98. The zero-order valence-electron chi connectivity index (χ0n) is 9.74. The first-order valence-corrected chi connectivity index (χ1v) is 8.08. The minimum absolute atomic E-state index is 0.171. The average Bonchev–Trinajstić information content (AvgIpc) is 2.30. The molecule has 1 aromatic carbocycles. The van der Waals surface area contributed by atoms with Gasteiger partial charge in [0.05, 0.1) is 12.2 Å². The van der Waals surface area contributed by atoms with Crippen LogP contribution in [0.3, 0.4) is 0 Å². The van der Waals surface area contributed by atoms with E-state index in [0.717, 1.165) is 6.07 Å². The maximum atomic E-state index is 13.9. The molecule has 0 bridgehead atoms. The van der Waals surface area contributed by atoms with Gasteiger partial charge in [-0.05, 0) is 12.1 Å². The minimum Gasteiger partial charge on any atom is -0.383 e. The lowest BCUT2D eigenvalue weighted by Gasteiger charge is -2.08. The zero-order valence-corrected chi connectivity index (χ0v) is 12.9. The highest BCUT2D eigenvalue weighted by Gasteiger charge is 2.23. The lowest BCUT2D eigenvalue weighted by Crippen LogP contribution is -2.28. The van der Waals surface area contributed by atoms with Crippen molar-refractivity contribution in [3.05, 3.63) is 28.0 Å². The molecule has 1 N–H and O–H groups in total. The van der Waals surface area contributed by atoms with Crippen molar-refractivity contribution in [3.8, 4) is 0 Å². The summed E-state index contributed by atoms with van der Waals surface area (Å²) in [6.45, 7) is 0.423. The van der Waals surface area contributed by atoms with Crippen LogP contribution in [0.5, 0.6) is 0 Å². The number of carbonyl (C=O) groups is 1. The highest BCUT2D eigenvalue weighted by Crippen LogP contribution is 2.26. The molecule has 0 atom stereocenters. The Balaban J connectivity index is 3.15. The van der Waals surface area contributed by atoms with Gasteiger partial charge in [-0.15, -0.1) is 0 Å². The number of carbonyl (C=O) groups excluding carboxylic acids is 1. The van der Waals surface area contributed by atoms with E-state index in [1.54, 1.807) is 0 Å². The largest absolute Gasteiger partial charge is 0.383 e. The second-order valence-corrected chi connectivity index (χ2v) is 6.90. The van der Waals surface area contributed by atoms with Gasteiger partial charge in [-0.1, -0.05) is 15.9 Å². The molecule has 0 aliphatic rings. The number of methoxy groups -OCH3 is 1. The SMILES string of the molecule is COCCNC(=O)c1cc(Br)cc(S(=O)(=O)Cl)c1F. The molecule has 0 heterocycles. The molecule has 0 saturated carbocycles. The van der Waals surface area contributed by atoms with Gasteiger partial charge in [-0.2, -0.15) is 0 Å². The first kappa shape index (κ1) is 16.4. The maximum absolute atomic E-state index is 13.9. The molecule has 0 aliphatic carbocycles. The number of hydrogen-bond acceptors (Lipinski definition) is 4. The molecule has 0 aliphatic heterocycles. The van der Waals surface area contributed by atoms with Crippen LogP contribution in [-0.4, -0.2) is 34.6 Å². The molecule has 19 heavy (non-hydrogen) atoms. The lowest BCUT2D eigenvalue weighted by molar-refractivity contribution is 0.0932. The summed E-state index contributed by atoms with van der Waals surface area (Å²) in [5.41, 5.74) is -0.412. The van der Waals surface area contributed by atoms with E-state index >= 15 is 0 Å². The minimum atomic E-state index is -4.27. The maximum Gasteiger partial charge on any atom is 0.264 e. The van der Waals surface area contributed by atoms with Crippen LogP contribution in [-0.2, 0) is 13.8 Å². The Morgan fingerprint density at radius 1 is 1.53 bits per heavy atom. The summed E-state index contributed by atoms with van der Waals surface area (Å²) >= 11 is 3.00. The van der Waals surface area contributed by atoms with Crippen LogP contribution < -0.4 is 5.32 Å². The third-order valence-electron chi connectivity index (χ3n) is 2.10. The summed E-state index contributed by atoms with van der Waals surface area (Å²) in [4.78, 5) is 11.0. The van der Waals surface area contributed by atoms with Crippen molar-refractivity contribution in [1.29, 1.82) is 0 Å². The van der Waals surface area contributed by atoms with Crippen LogP contribution in [0.15, 0.2) is 21.5 Å². The van der Waals surface area contributed by atoms with E-state index < -0.39 is 31.2 Å². The summed E-state index contributed by atoms with van der Waals surface area (Å²) in [6.07, 6.45) is 0. The van der Waals surface area contributed by atoms with Crippen LogP contribution in [0, 0.1) is 5.82 Å². The Morgan fingerprint density at radius 2 is 2.16 bits per heavy atom. The number of benzene rings is 1. The van der Waals surface area contributed by atoms with Crippen molar-refractivity contribution in [2.75, 3.05) is 20.3 Å². The molecule has 0 aromatic heterocycles. The van der Waals surface area contributed by atoms with Gasteiger partial charge in [-0.25, -0.2) is 12.8 Å². The van der Waals surface area contributed by atoms with E-state index in [0.29, 0.717) is 0 Å². The van der Waals surface area contributed by atoms with Crippen LogP contribution in [0.1, 0.15) is 10.4 Å². The van der Waals surface area contributed by atoms with Crippen molar-refractivity contribution in [2.24, 2.45) is 0 Å². The van der Waals surface area contributed by atoms with Crippen LogP contribution >= 0.6 is 26.6 Å². The molecule has 1 amide bonds. The van der Waals surface area contributed by atoms with Crippen LogP contribution in [0.2, 0.25) is 0 Å². The fraction of sp³-hybridized carbons (Fsp3) is 0.300. The fourth-order valence-corrected chi connectivity index (χ4v) is 2.81. The summed E-state index contributed by atoms with van der Waals surface area (Å²) in [5.74, 6) is -1.94. The predicted octanol–water partition coefficient (Wildman–Crippen LogP) is 1.89. The third kappa shape index (κ3) is 4.41. The predicted molar refractivity (Wildman–Crippen MR) is 71.3 cm³/mol. The van der Waals surface area contributed by atoms with Crippen LogP contribution in [0.4, 0.5) is 4.39 Å². The lowest BCUT2D eigenvalue weighted by atomic mass is 10.2. The molecule has 9 heteroatoms. The van der Waals surface area contributed by atoms with Gasteiger partial charge in [0.25, 0.3) is 15.0 Å². The molecule has 1 rings (SSSR count). The Kier molecular flexibility index (Phi) is 5.72. The van der Waals surface area contributed by atoms with Gasteiger partial charge in [-0.3, -0.25) is 4.79 Å². The van der Waals surface area contributed by atoms with Crippen molar-refractivity contribution in [3.63, 3.8) is 0 Å². The Labute approximate surface area is 122 Å². The van der Waals surface area contributed by atoms with E-state index in [1.807, 2.05) is 0 Å². The molecule has 5 nitrogen and oxygen atoms in total. The molecular formula is C10H10BrClFNO4S. The number of nitrogens with one attached hydrogen (secondary N) is 1. The summed E-state index contributed by atoms with van der Waals surface area (Å²) in [6, 6.07) is 2.16. The van der Waals surface area contributed by atoms with E-state index in [9.17, 15) is 17.6 Å². The monoisotopic (exact) mass is 373 g/mol. The number of halogens is 3. The fourth-order valence-electron chi connectivity index (χ4n) is 1.27. The van der Waals surface area contributed by atoms with E-state index in [-0.39, 0.29) is 17.6 Å². The molecule has 0 spiro atoms. The average molecular weight is 375 g/mol. The topological polar surface area (TPSA) is 72.5 Å². The van der Waals surface area contributed by atoms with E-state index in [2.05, 4.69) is 21.2 Å². The molecule has 0 radical (unpaired) electrons. The van der Waals surface area contributed by atoms with Gasteiger partial charge in [0.1, 0.15) is 4.90 Å². The standard InChI is InChI=1S/C10H10BrClFNO4S/c1-18-3-2-14-10(15)7-4-6(11)5-8(9(7)13)19(12,16)17/h4-5H,2-3H2,1H3,(H,14,15). The quantitative estimate of drug-likeness (QED) is 0.631. The summed E-state index contributed by atoms with van der Waals surface area (Å²) < 4.78 is 41.3. The molecule has 1 aromatic rings. The molecule has 106 valence electrons. The molecule has 0 saturated heterocycles. The highest BCUT2D eigenvalue weighted by molar-refractivity contribution is 9.10.